The summed E-state index contributed by atoms with van der Waals surface area (Å²) in [5.74, 6) is -2.40. The molecule has 0 heterocycles. The molecule has 1 aromatic carbocycles. The highest BCUT2D eigenvalue weighted by molar-refractivity contribution is 5.92. The first-order valence-corrected chi connectivity index (χ1v) is 15.2. The van der Waals surface area contributed by atoms with Crippen LogP contribution in [0.3, 0.4) is 0 Å². The molecule has 9 nitrogen and oxygen atoms in total. The second-order valence-corrected chi connectivity index (χ2v) is 10.6. The summed E-state index contributed by atoms with van der Waals surface area (Å²) in [7, 11) is 0. The van der Waals surface area contributed by atoms with E-state index in [4.69, 9.17) is 5.73 Å². The van der Waals surface area contributed by atoms with Crippen molar-refractivity contribution in [1.82, 2.24) is 16.0 Å². The van der Waals surface area contributed by atoms with E-state index in [9.17, 15) is 24.3 Å². The van der Waals surface area contributed by atoms with Gasteiger partial charge in [0.2, 0.25) is 17.7 Å². The van der Waals surface area contributed by atoms with Crippen LogP contribution < -0.4 is 21.7 Å². The van der Waals surface area contributed by atoms with Crippen LogP contribution in [-0.2, 0) is 25.6 Å². The molecular weight excluding hydrogens is 508 g/mol. The van der Waals surface area contributed by atoms with E-state index >= 15 is 0 Å². The number of hydrogen-bond donors (Lipinski definition) is 5. The topological polar surface area (TPSA) is 151 Å². The third kappa shape index (κ3) is 17.6. The first-order valence-electron chi connectivity index (χ1n) is 15.2. The smallest absolute Gasteiger partial charge is 0.326 e. The van der Waals surface area contributed by atoms with E-state index in [-0.39, 0.29) is 18.9 Å². The molecule has 9 heteroatoms. The maximum absolute atomic E-state index is 12.9. The van der Waals surface area contributed by atoms with Crippen LogP contribution in [0.25, 0.3) is 0 Å². The van der Waals surface area contributed by atoms with E-state index in [1.807, 2.05) is 6.07 Å². The summed E-state index contributed by atoms with van der Waals surface area (Å²) in [5, 5.41) is 17.4. The molecular formula is C31H52N4O5. The van der Waals surface area contributed by atoms with Crippen LogP contribution in [0.1, 0.15) is 109 Å². The quantitative estimate of drug-likeness (QED) is 0.119. The molecule has 0 spiro atoms. The Morgan fingerprint density at radius 1 is 0.750 bits per heavy atom. The van der Waals surface area contributed by atoms with Gasteiger partial charge in [-0.3, -0.25) is 14.4 Å². The minimum atomic E-state index is -1.15. The van der Waals surface area contributed by atoms with Gasteiger partial charge in [0.1, 0.15) is 12.1 Å². The number of rotatable bonds is 24. The minimum Gasteiger partial charge on any atom is -0.480 e. The standard InChI is InChI=1S/C31H52N4O5/c1-2-3-4-5-6-7-8-9-10-11-15-21-28(36)33-24-29(37)34-26(20-16-17-22-32)30(38)35-27(31(39)40)23-25-18-13-12-14-19-25/h12-14,18-19,26-27H,2-11,15-17,20-24,32H2,1H3,(H,33,36)(H,34,37)(H,35,38)(H,39,40)/t26-,27-/m0/s1. The zero-order chi connectivity index (χ0) is 29.4. The monoisotopic (exact) mass is 560 g/mol. The van der Waals surface area contributed by atoms with Crippen molar-refractivity contribution in [3.05, 3.63) is 35.9 Å². The van der Waals surface area contributed by atoms with Crippen LogP contribution in [0.4, 0.5) is 0 Å². The van der Waals surface area contributed by atoms with Crippen molar-refractivity contribution in [2.24, 2.45) is 5.73 Å². The zero-order valence-corrected chi connectivity index (χ0v) is 24.4. The number of nitrogens with one attached hydrogen (secondary N) is 3. The van der Waals surface area contributed by atoms with Crippen LogP contribution in [0, 0.1) is 0 Å². The largest absolute Gasteiger partial charge is 0.480 e. The lowest BCUT2D eigenvalue weighted by Gasteiger charge is -2.22. The predicted octanol–water partition coefficient (Wildman–Crippen LogP) is 4.23. The first-order chi connectivity index (χ1) is 19.4. The highest BCUT2D eigenvalue weighted by Gasteiger charge is 2.26. The van der Waals surface area contributed by atoms with Gasteiger partial charge in [0.05, 0.1) is 6.54 Å². The number of benzene rings is 1. The molecule has 0 bridgehead atoms. The third-order valence-corrected chi connectivity index (χ3v) is 6.95. The van der Waals surface area contributed by atoms with Crippen LogP contribution in [0.5, 0.6) is 0 Å². The lowest BCUT2D eigenvalue weighted by Crippen LogP contribution is -2.53. The predicted molar refractivity (Wildman–Crippen MR) is 159 cm³/mol. The van der Waals surface area contributed by atoms with E-state index in [0.717, 1.165) is 24.8 Å². The Kier molecular flexibility index (Phi) is 20.0. The van der Waals surface area contributed by atoms with Gasteiger partial charge in [0.15, 0.2) is 0 Å². The molecule has 0 aliphatic carbocycles. The lowest BCUT2D eigenvalue weighted by atomic mass is 10.0. The number of amides is 3. The zero-order valence-electron chi connectivity index (χ0n) is 24.4. The number of unbranched alkanes of at least 4 members (excludes halogenated alkanes) is 11. The van der Waals surface area contributed by atoms with Crippen molar-refractivity contribution in [3.8, 4) is 0 Å². The van der Waals surface area contributed by atoms with Crippen molar-refractivity contribution in [2.45, 2.75) is 122 Å². The average molecular weight is 561 g/mol. The number of carbonyl (C=O) groups excluding carboxylic acids is 3. The van der Waals surface area contributed by atoms with Crippen molar-refractivity contribution in [1.29, 1.82) is 0 Å². The molecule has 0 aliphatic rings. The normalized spacial score (nSPS) is 12.3. The molecule has 1 aromatic rings. The van der Waals surface area contributed by atoms with E-state index in [1.165, 1.54) is 51.4 Å². The SMILES string of the molecule is CCCCCCCCCCCCCC(=O)NCC(=O)N[C@@H](CCCCN)C(=O)N[C@@H](Cc1ccccc1)C(=O)O. The van der Waals surface area contributed by atoms with Gasteiger partial charge in [-0.1, -0.05) is 101 Å². The Hall–Kier alpha value is -2.94. The van der Waals surface area contributed by atoms with Gasteiger partial charge in [-0.2, -0.15) is 0 Å². The molecule has 40 heavy (non-hydrogen) atoms. The molecule has 226 valence electrons. The van der Waals surface area contributed by atoms with Gasteiger partial charge < -0.3 is 26.8 Å². The summed E-state index contributed by atoms with van der Waals surface area (Å²) in [6.07, 6.45) is 15.3. The van der Waals surface area contributed by atoms with Gasteiger partial charge in [0, 0.05) is 12.8 Å². The van der Waals surface area contributed by atoms with Crippen LogP contribution >= 0.6 is 0 Å². The third-order valence-electron chi connectivity index (χ3n) is 6.95. The number of carboxylic acids is 1. The van der Waals surface area contributed by atoms with Crippen LogP contribution in [0.15, 0.2) is 30.3 Å². The van der Waals surface area contributed by atoms with Gasteiger partial charge in [-0.05, 0) is 37.8 Å². The maximum atomic E-state index is 12.9. The van der Waals surface area contributed by atoms with Gasteiger partial charge in [-0.25, -0.2) is 4.79 Å². The van der Waals surface area contributed by atoms with Crippen molar-refractivity contribution >= 4 is 23.7 Å². The van der Waals surface area contributed by atoms with E-state index in [1.54, 1.807) is 24.3 Å². The number of nitrogens with two attached hydrogens (primary N) is 1. The Morgan fingerprint density at radius 2 is 1.35 bits per heavy atom. The Labute approximate surface area is 240 Å². The van der Waals surface area contributed by atoms with Crippen molar-refractivity contribution in [3.63, 3.8) is 0 Å². The fourth-order valence-electron chi connectivity index (χ4n) is 4.55. The summed E-state index contributed by atoms with van der Waals surface area (Å²) in [6.45, 7) is 2.44. The van der Waals surface area contributed by atoms with Crippen LogP contribution in [-0.4, -0.2) is 54.0 Å². The van der Waals surface area contributed by atoms with Crippen molar-refractivity contribution < 1.29 is 24.3 Å². The Balaban J connectivity index is 2.38. The summed E-state index contributed by atoms with van der Waals surface area (Å²) in [4.78, 5) is 49.4. The first kappa shape index (κ1) is 35.1. The number of carboxylic acid groups (broad SMARTS) is 1. The molecule has 0 saturated heterocycles. The molecule has 3 amide bonds. The second-order valence-electron chi connectivity index (χ2n) is 10.6. The molecule has 0 aromatic heterocycles. The van der Waals surface area contributed by atoms with Crippen LogP contribution in [0.2, 0.25) is 0 Å². The van der Waals surface area contributed by atoms with E-state index in [2.05, 4.69) is 22.9 Å². The van der Waals surface area contributed by atoms with E-state index in [0.29, 0.717) is 32.2 Å². The molecule has 0 saturated carbocycles. The average Bonchev–Trinajstić information content (AvgIpc) is 2.94. The Morgan fingerprint density at radius 3 is 1.93 bits per heavy atom. The highest BCUT2D eigenvalue weighted by atomic mass is 16.4. The maximum Gasteiger partial charge on any atom is 0.326 e. The van der Waals surface area contributed by atoms with Crippen molar-refractivity contribution in [2.75, 3.05) is 13.1 Å². The van der Waals surface area contributed by atoms with Gasteiger partial charge in [0.25, 0.3) is 0 Å². The number of aliphatic carboxylic acids is 1. The van der Waals surface area contributed by atoms with Gasteiger partial charge in [-0.15, -0.1) is 0 Å². The number of carbonyl (C=O) groups is 4. The molecule has 0 radical (unpaired) electrons. The summed E-state index contributed by atoms with van der Waals surface area (Å²) < 4.78 is 0. The molecule has 0 fully saturated rings. The fourth-order valence-corrected chi connectivity index (χ4v) is 4.55. The second kappa shape index (κ2) is 22.8. The number of hydrogen-bond acceptors (Lipinski definition) is 5. The molecule has 2 atom stereocenters. The summed E-state index contributed by atoms with van der Waals surface area (Å²) in [6, 6.07) is 6.98. The molecule has 0 unspecified atom stereocenters. The summed E-state index contributed by atoms with van der Waals surface area (Å²) >= 11 is 0. The summed E-state index contributed by atoms with van der Waals surface area (Å²) in [5.41, 5.74) is 6.34. The molecule has 1 rings (SSSR count). The molecule has 6 N–H and O–H groups in total. The minimum absolute atomic E-state index is 0.125. The fraction of sp³-hybridized carbons (Fsp3) is 0.677. The highest BCUT2D eigenvalue weighted by Crippen LogP contribution is 2.12. The van der Waals surface area contributed by atoms with E-state index < -0.39 is 29.9 Å². The lowest BCUT2D eigenvalue weighted by molar-refractivity contribution is -0.142. The Bertz CT molecular complexity index is 849. The van der Waals surface area contributed by atoms with Gasteiger partial charge >= 0.3 is 5.97 Å². The molecule has 0 aliphatic heterocycles.